The van der Waals surface area contributed by atoms with Crippen molar-refractivity contribution in [1.29, 1.82) is 0 Å². The van der Waals surface area contributed by atoms with E-state index in [0.29, 0.717) is 12.2 Å². The number of pyridine rings is 1. The van der Waals surface area contributed by atoms with Gasteiger partial charge in [0.2, 0.25) is 5.91 Å². The maximum absolute atomic E-state index is 11.4. The van der Waals surface area contributed by atoms with E-state index in [-0.39, 0.29) is 5.75 Å². The third-order valence-corrected chi connectivity index (χ3v) is 2.92. The Balaban J connectivity index is 2.35. The molecule has 1 aromatic rings. The molecule has 7 heteroatoms. The molecular formula is C11H14N4O2S. The molecule has 4 N–H and O–H groups in total. The van der Waals surface area contributed by atoms with Gasteiger partial charge in [-0.15, -0.1) is 18.3 Å². The van der Waals surface area contributed by atoms with Crippen molar-refractivity contribution in [2.75, 3.05) is 18.0 Å². The van der Waals surface area contributed by atoms with E-state index in [2.05, 4.69) is 22.2 Å². The number of nitrogens with one attached hydrogen (secondary N) is 2. The smallest absolute Gasteiger partial charge is 0.321 e. The van der Waals surface area contributed by atoms with Gasteiger partial charge < -0.3 is 11.1 Å². The normalized spacial score (nSPS) is 9.56. The van der Waals surface area contributed by atoms with Gasteiger partial charge in [0.15, 0.2) is 0 Å². The average Bonchev–Trinajstić information content (AvgIpc) is 2.35. The maximum Gasteiger partial charge on any atom is 0.321 e. The van der Waals surface area contributed by atoms with Crippen molar-refractivity contribution in [1.82, 2.24) is 15.6 Å². The molecule has 96 valence electrons. The second-order valence-electron chi connectivity index (χ2n) is 3.25. The van der Waals surface area contributed by atoms with E-state index in [1.165, 1.54) is 24.0 Å². The van der Waals surface area contributed by atoms with Crippen LogP contribution in [0.25, 0.3) is 0 Å². The van der Waals surface area contributed by atoms with Crippen LogP contribution in [-0.4, -0.2) is 29.2 Å². The summed E-state index contributed by atoms with van der Waals surface area (Å²) in [5.74, 6) is -0.284. The van der Waals surface area contributed by atoms with Crippen molar-refractivity contribution in [2.45, 2.75) is 4.90 Å². The Bertz CT molecular complexity index is 450. The van der Waals surface area contributed by atoms with E-state index in [9.17, 15) is 9.59 Å². The molecule has 0 aromatic carbocycles. The number of hydrogen-bond acceptors (Lipinski definition) is 5. The lowest BCUT2D eigenvalue weighted by molar-refractivity contribution is -0.117. The number of thioether (sulfide) groups is 1. The number of imide groups is 1. The molecule has 0 saturated heterocycles. The van der Waals surface area contributed by atoms with Crippen LogP contribution in [-0.2, 0) is 4.79 Å². The van der Waals surface area contributed by atoms with Gasteiger partial charge in [0, 0.05) is 17.6 Å². The Morgan fingerprint density at radius 1 is 1.56 bits per heavy atom. The summed E-state index contributed by atoms with van der Waals surface area (Å²) >= 11 is 1.24. The lowest BCUT2D eigenvalue weighted by Gasteiger charge is -2.05. The topological polar surface area (TPSA) is 97.1 Å². The number of anilines is 1. The number of urea groups is 1. The molecule has 0 spiro atoms. The molecular weight excluding hydrogens is 252 g/mol. The van der Waals surface area contributed by atoms with Crippen molar-refractivity contribution >= 4 is 29.4 Å². The monoisotopic (exact) mass is 266 g/mol. The van der Waals surface area contributed by atoms with Gasteiger partial charge >= 0.3 is 6.03 Å². The van der Waals surface area contributed by atoms with Crippen LogP contribution >= 0.6 is 11.8 Å². The maximum atomic E-state index is 11.4. The Kier molecular flexibility index (Phi) is 5.72. The molecule has 0 atom stereocenters. The van der Waals surface area contributed by atoms with Gasteiger partial charge in [-0.05, 0) is 6.07 Å². The summed E-state index contributed by atoms with van der Waals surface area (Å²) in [5.41, 5.74) is 6.17. The van der Waals surface area contributed by atoms with Crippen LogP contribution in [0.4, 0.5) is 10.5 Å². The minimum absolute atomic E-state index is 0.107. The number of hydrogen-bond donors (Lipinski definition) is 3. The zero-order valence-electron chi connectivity index (χ0n) is 9.68. The predicted molar refractivity (Wildman–Crippen MR) is 71.1 cm³/mol. The van der Waals surface area contributed by atoms with Crippen molar-refractivity contribution in [3.8, 4) is 0 Å². The van der Waals surface area contributed by atoms with E-state index < -0.39 is 11.9 Å². The first-order valence-corrected chi connectivity index (χ1v) is 6.13. The number of amides is 3. The number of carbonyl (C=O) groups is 2. The summed E-state index contributed by atoms with van der Waals surface area (Å²) in [7, 11) is 0. The Morgan fingerprint density at radius 2 is 2.33 bits per heavy atom. The Labute approximate surface area is 109 Å². The van der Waals surface area contributed by atoms with Gasteiger partial charge in [0.1, 0.15) is 0 Å². The van der Waals surface area contributed by atoms with Crippen LogP contribution in [0.1, 0.15) is 0 Å². The van der Waals surface area contributed by atoms with Gasteiger partial charge in [-0.25, -0.2) is 4.79 Å². The molecule has 0 saturated carbocycles. The van der Waals surface area contributed by atoms with Crippen LogP contribution < -0.4 is 16.4 Å². The van der Waals surface area contributed by atoms with Crippen LogP contribution in [0.15, 0.2) is 36.0 Å². The van der Waals surface area contributed by atoms with Gasteiger partial charge in [-0.3, -0.25) is 15.1 Å². The van der Waals surface area contributed by atoms with Gasteiger partial charge in [-0.2, -0.15) is 0 Å². The molecule has 18 heavy (non-hydrogen) atoms. The molecule has 0 aliphatic carbocycles. The molecule has 1 heterocycles. The van der Waals surface area contributed by atoms with Crippen LogP contribution in [0.3, 0.4) is 0 Å². The third-order valence-electron chi connectivity index (χ3n) is 1.83. The number of nitrogens with zero attached hydrogens (tertiary/aromatic N) is 1. The van der Waals surface area contributed by atoms with E-state index in [0.717, 1.165) is 4.90 Å². The van der Waals surface area contributed by atoms with E-state index >= 15 is 0 Å². The number of rotatable bonds is 5. The Hall–Kier alpha value is -2.02. The van der Waals surface area contributed by atoms with Gasteiger partial charge in [-0.1, -0.05) is 6.08 Å². The number of nitrogens with two attached hydrogens (primary N) is 1. The third kappa shape index (κ3) is 4.88. The lowest BCUT2D eigenvalue weighted by atomic mass is 10.4. The van der Waals surface area contributed by atoms with E-state index in [1.54, 1.807) is 12.3 Å². The second kappa shape index (κ2) is 7.33. The highest BCUT2D eigenvalue weighted by molar-refractivity contribution is 8.00. The molecule has 0 radical (unpaired) electrons. The molecule has 6 nitrogen and oxygen atoms in total. The van der Waals surface area contributed by atoms with Crippen LogP contribution in [0.5, 0.6) is 0 Å². The zero-order valence-corrected chi connectivity index (χ0v) is 10.5. The molecule has 1 rings (SSSR count). The molecule has 3 amide bonds. The van der Waals surface area contributed by atoms with Gasteiger partial charge in [0.05, 0.1) is 17.6 Å². The fraction of sp³-hybridized carbons (Fsp3) is 0.182. The SMILES string of the molecule is C=CCNC(=O)NC(=O)CSc1ccncc1N. The number of carbonyl (C=O) groups excluding carboxylic acids is 2. The second-order valence-corrected chi connectivity index (χ2v) is 4.27. The van der Waals surface area contributed by atoms with Crippen molar-refractivity contribution in [2.24, 2.45) is 0 Å². The van der Waals surface area contributed by atoms with Crippen LogP contribution in [0.2, 0.25) is 0 Å². The molecule has 0 unspecified atom stereocenters. The summed E-state index contributed by atoms with van der Waals surface area (Å²) in [4.78, 5) is 27.2. The first-order valence-electron chi connectivity index (χ1n) is 5.14. The van der Waals surface area contributed by atoms with E-state index in [4.69, 9.17) is 5.73 Å². The average molecular weight is 266 g/mol. The highest BCUT2D eigenvalue weighted by Crippen LogP contribution is 2.22. The minimum Gasteiger partial charge on any atom is -0.397 e. The summed E-state index contributed by atoms with van der Waals surface area (Å²) in [6.07, 6.45) is 4.63. The zero-order chi connectivity index (χ0) is 13.4. The number of aromatic nitrogens is 1. The summed E-state index contributed by atoms with van der Waals surface area (Å²) in [6, 6.07) is 1.17. The molecule has 0 fully saturated rings. The first kappa shape index (κ1) is 14.0. The summed E-state index contributed by atoms with van der Waals surface area (Å²) < 4.78 is 0. The van der Waals surface area contributed by atoms with Crippen LogP contribution in [0, 0.1) is 0 Å². The molecule has 0 aliphatic heterocycles. The van der Waals surface area contributed by atoms with Crippen molar-refractivity contribution < 1.29 is 9.59 Å². The lowest BCUT2D eigenvalue weighted by Crippen LogP contribution is -2.40. The largest absolute Gasteiger partial charge is 0.397 e. The molecule has 1 aromatic heterocycles. The summed E-state index contributed by atoms with van der Waals surface area (Å²) in [6.45, 7) is 3.76. The van der Waals surface area contributed by atoms with Crippen molar-refractivity contribution in [3.05, 3.63) is 31.1 Å². The van der Waals surface area contributed by atoms with Gasteiger partial charge in [0.25, 0.3) is 0 Å². The highest BCUT2D eigenvalue weighted by atomic mass is 32.2. The van der Waals surface area contributed by atoms with Crippen molar-refractivity contribution in [3.63, 3.8) is 0 Å². The molecule has 0 aliphatic rings. The quantitative estimate of drug-likeness (QED) is 0.540. The first-order chi connectivity index (χ1) is 8.63. The fourth-order valence-corrected chi connectivity index (χ4v) is 1.78. The predicted octanol–water partition coefficient (Wildman–Crippen LogP) is 0.768. The highest BCUT2D eigenvalue weighted by Gasteiger charge is 2.08. The van der Waals surface area contributed by atoms with E-state index in [1.807, 2.05) is 0 Å². The summed E-state index contributed by atoms with van der Waals surface area (Å²) in [5, 5.41) is 4.63. The number of nitrogen functional groups attached to an aromatic ring is 1. The fourth-order valence-electron chi connectivity index (χ4n) is 1.04. The Morgan fingerprint density at radius 3 is 3.00 bits per heavy atom. The molecule has 0 bridgehead atoms. The standard InChI is InChI=1S/C11H14N4O2S/c1-2-4-14-11(17)15-10(16)7-18-9-3-5-13-6-8(9)12/h2-3,5-6H,1,4,7,12H2,(H2,14,15,16,17). The minimum atomic E-state index is -0.539.